The van der Waals surface area contributed by atoms with E-state index >= 15 is 0 Å². The van der Waals surface area contributed by atoms with Crippen molar-refractivity contribution in [1.29, 1.82) is 0 Å². The predicted molar refractivity (Wildman–Crippen MR) is 156 cm³/mol. The summed E-state index contributed by atoms with van der Waals surface area (Å²) in [5.41, 5.74) is 0.639. The number of fused-ring (bicyclic) bond motifs is 5. The smallest absolute Gasteiger partial charge is 0.355 e. The number of esters is 2. The molecular formula is C31H31N5O9. The molecule has 6 rings (SSSR count). The van der Waals surface area contributed by atoms with Crippen molar-refractivity contribution in [3.8, 4) is 11.4 Å². The number of likely N-dealkylation sites (tertiary alicyclic amines) is 1. The highest BCUT2D eigenvalue weighted by Crippen LogP contribution is 2.41. The van der Waals surface area contributed by atoms with Crippen LogP contribution in [0.3, 0.4) is 0 Å². The number of benzene rings is 1. The van der Waals surface area contributed by atoms with Crippen molar-refractivity contribution >= 4 is 40.6 Å². The van der Waals surface area contributed by atoms with Gasteiger partial charge in [0.1, 0.15) is 19.2 Å². The molecule has 2 aromatic heterocycles. The van der Waals surface area contributed by atoms with E-state index in [4.69, 9.17) is 14.5 Å². The highest BCUT2D eigenvalue weighted by atomic mass is 16.6. The Labute approximate surface area is 256 Å². The van der Waals surface area contributed by atoms with Crippen molar-refractivity contribution in [1.82, 2.24) is 25.1 Å². The van der Waals surface area contributed by atoms with Crippen LogP contribution in [0.4, 0.5) is 0 Å². The van der Waals surface area contributed by atoms with Gasteiger partial charge >= 0.3 is 17.9 Å². The second kappa shape index (κ2) is 11.4. The minimum atomic E-state index is -1.97. The number of ether oxygens (including phenoxy) is 2. The number of cyclic esters (lactones) is 1. The Kier molecular flexibility index (Phi) is 7.60. The number of carboxylic acids is 1. The molecule has 1 aromatic carbocycles. The van der Waals surface area contributed by atoms with Crippen LogP contribution in [0.5, 0.6) is 0 Å². The van der Waals surface area contributed by atoms with Gasteiger partial charge in [0.15, 0.2) is 6.17 Å². The fraction of sp³-hybridized carbons (Fsp3) is 0.387. The Morgan fingerprint density at radius 3 is 2.71 bits per heavy atom. The van der Waals surface area contributed by atoms with Crippen LogP contribution >= 0.6 is 0 Å². The van der Waals surface area contributed by atoms with Gasteiger partial charge in [0.25, 0.3) is 11.5 Å². The van der Waals surface area contributed by atoms with Gasteiger partial charge < -0.3 is 29.8 Å². The molecule has 1 saturated heterocycles. The summed E-state index contributed by atoms with van der Waals surface area (Å²) >= 11 is 0. The molecule has 2 amide bonds. The molecule has 14 heteroatoms. The second-order valence-electron chi connectivity index (χ2n) is 11.3. The number of para-hydroxylation sites is 1. The van der Waals surface area contributed by atoms with E-state index in [-0.39, 0.29) is 37.2 Å². The molecule has 14 nitrogen and oxygen atoms in total. The quantitative estimate of drug-likeness (QED) is 0.237. The van der Waals surface area contributed by atoms with Gasteiger partial charge in [0.05, 0.1) is 29.0 Å². The first kappa shape index (κ1) is 29.9. The molecule has 3 atom stereocenters. The lowest BCUT2D eigenvalue weighted by molar-refractivity contribution is -0.189. The SMILES string of the molecule is CC[C@@]1(OC(=O)CNC(=O)C(NC(C)=O)N2CCC[C@H]2C(=O)O)C(=O)OCc2c1cc1n(c2=O)Cc2cc3ccccc3nc2-1. The molecule has 1 fully saturated rings. The van der Waals surface area contributed by atoms with Crippen LogP contribution in [-0.2, 0) is 52.2 Å². The predicted octanol–water partition coefficient (Wildman–Crippen LogP) is 0.758. The van der Waals surface area contributed by atoms with Gasteiger partial charge in [-0.1, -0.05) is 25.1 Å². The number of nitrogens with zero attached hydrogens (tertiary/aromatic N) is 3. The molecule has 0 radical (unpaired) electrons. The monoisotopic (exact) mass is 617 g/mol. The Balaban J connectivity index is 1.28. The summed E-state index contributed by atoms with van der Waals surface area (Å²) in [5, 5.41) is 15.3. The van der Waals surface area contributed by atoms with Crippen molar-refractivity contribution in [3.05, 3.63) is 63.4 Å². The van der Waals surface area contributed by atoms with Crippen LogP contribution in [0, 0.1) is 0 Å². The van der Waals surface area contributed by atoms with Gasteiger partial charge in [-0.05, 0) is 37.5 Å². The van der Waals surface area contributed by atoms with Crippen molar-refractivity contribution in [2.75, 3.05) is 13.1 Å². The first-order chi connectivity index (χ1) is 21.5. The Bertz CT molecular complexity index is 1840. The van der Waals surface area contributed by atoms with Crippen molar-refractivity contribution < 1.29 is 38.6 Å². The zero-order valence-corrected chi connectivity index (χ0v) is 24.6. The number of carbonyl (C=O) groups is 5. The van der Waals surface area contributed by atoms with E-state index in [0.717, 1.165) is 16.5 Å². The molecule has 3 N–H and O–H groups in total. The van der Waals surface area contributed by atoms with Crippen molar-refractivity contribution in [2.45, 2.75) is 64.1 Å². The third kappa shape index (κ3) is 5.10. The lowest BCUT2D eigenvalue weighted by Gasteiger charge is -2.35. The van der Waals surface area contributed by atoms with E-state index < -0.39 is 59.6 Å². The van der Waals surface area contributed by atoms with Crippen LogP contribution < -0.4 is 16.2 Å². The summed E-state index contributed by atoms with van der Waals surface area (Å²) in [7, 11) is 0. The van der Waals surface area contributed by atoms with Gasteiger partial charge in [-0.25, -0.2) is 9.78 Å². The van der Waals surface area contributed by atoms with Crippen LogP contribution in [-0.4, -0.2) is 74.6 Å². The normalized spacial score (nSPS) is 20.8. The maximum Gasteiger partial charge on any atom is 0.355 e. The molecule has 45 heavy (non-hydrogen) atoms. The Morgan fingerprint density at radius 1 is 1.20 bits per heavy atom. The van der Waals surface area contributed by atoms with E-state index in [0.29, 0.717) is 24.2 Å². The number of carbonyl (C=O) groups excluding carboxylic acids is 4. The maximum absolute atomic E-state index is 13.7. The number of aromatic nitrogens is 2. The molecule has 5 heterocycles. The molecule has 3 aliphatic rings. The third-order valence-electron chi connectivity index (χ3n) is 8.58. The van der Waals surface area contributed by atoms with Crippen LogP contribution in [0.2, 0.25) is 0 Å². The van der Waals surface area contributed by atoms with E-state index in [1.165, 1.54) is 11.8 Å². The number of pyridine rings is 2. The number of amides is 2. The van der Waals surface area contributed by atoms with Gasteiger partial charge in [0.2, 0.25) is 11.5 Å². The summed E-state index contributed by atoms with van der Waals surface area (Å²) in [5.74, 6) is -4.38. The molecule has 3 aliphatic heterocycles. The molecule has 3 aromatic rings. The lowest BCUT2D eigenvalue weighted by atomic mass is 9.85. The molecule has 234 valence electrons. The Hall–Kier alpha value is -5.11. The Morgan fingerprint density at radius 2 is 1.98 bits per heavy atom. The average molecular weight is 618 g/mol. The summed E-state index contributed by atoms with van der Waals surface area (Å²) in [6, 6.07) is 10.2. The van der Waals surface area contributed by atoms with Crippen LogP contribution in [0.25, 0.3) is 22.3 Å². The maximum atomic E-state index is 13.7. The topological polar surface area (TPSA) is 186 Å². The van der Waals surface area contributed by atoms with E-state index in [2.05, 4.69) is 10.6 Å². The molecule has 0 saturated carbocycles. The molecule has 1 unspecified atom stereocenters. The fourth-order valence-electron chi connectivity index (χ4n) is 6.42. The number of hydrogen-bond acceptors (Lipinski definition) is 10. The van der Waals surface area contributed by atoms with Crippen molar-refractivity contribution in [2.24, 2.45) is 0 Å². The zero-order chi connectivity index (χ0) is 32.0. The highest BCUT2D eigenvalue weighted by Gasteiger charge is 2.50. The van der Waals surface area contributed by atoms with Gasteiger partial charge in [0, 0.05) is 30.0 Å². The third-order valence-corrected chi connectivity index (χ3v) is 8.58. The summed E-state index contributed by atoms with van der Waals surface area (Å²) in [4.78, 5) is 83.0. The first-order valence-corrected chi connectivity index (χ1v) is 14.6. The summed E-state index contributed by atoms with van der Waals surface area (Å²) in [6.45, 7) is 2.32. The van der Waals surface area contributed by atoms with E-state index in [1.807, 2.05) is 30.3 Å². The minimum Gasteiger partial charge on any atom is -0.480 e. The van der Waals surface area contributed by atoms with E-state index in [9.17, 15) is 33.9 Å². The minimum absolute atomic E-state index is 0.0675. The molecule has 0 aliphatic carbocycles. The number of hydrogen-bond donors (Lipinski definition) is 3. The number of carboxylic acid groups (broad SMARTS) is 1. The van der Waals surface area contributed by atoms with Gasteiger partial charge in [-0.3, -0.25) is 28.9 Å². The summed E-state index contributed by atoms with van der Waals surface area (Å²) in [6.07, 6.45) is -0.614. The summed E-state index contributed by atoms with van der Waals surface area (Å²) < 4.78 is 12.7. The number of aliphatic carboxylic acids is 1. The second-order valence-corrected chi connectivity index (χ2v) is 11.3. The fourth-order valence-corrected chi connectivity index (χ4v) is 6.42. The largest absolute Gasteiger partial charge is 0.480 e. The van der Waals surface area contributed by atoms with Crippen LogP contribution in [0.15, 0.2) is 41.2 Å². The standard InChI is InChI=1S/C31H31N5O9/c1-3-31(45-24(38)13-32-27(39)26(33-16(2)37)35-10-6-9-22(35)29(41)42)20-12-23-25-18(11-17-7-4-5-8-21(17)34-25)14-36(23)28(40)19(20)15-44-30(31)43/h4-5,7-8,11-12,22,26H,3,6,9-10,13-15H2,1-2H3,(H,32,39)(H,33,37)(H,41,42)/t22-,26?,31-/m0/s1. The first-order valence-electron chi connectivity index (χ1n) is 14.6. The highest BCUT2D eigenvalue weighted by molar-refractivity contribution is 5.92. The number of nitrogens with one attached hydrogen (secondary N) is 2. The molecule has 0 bridgehead atoms. The number of rotatable bonds is 8. The molecular weight excluding hydrogens is 586 g/mol. The van der Waals surface area contributed by atoms with Crippen LogP contribution in [0.1, 0.15) is 49.8 Å². The average Bonchev–Trinajstić information content (AvgIpc) is 3.64. The van der Waals surface area contributed by atoms with Gasteiger partial charge in [-0.2, -0.15) is 0 Å². The lowest BCUT2D eigenvalue weighted by Crippen LogP contribution is -2.59. The van der Waals surface area contributed by atoms with Crippen molar-refractivity contribution in [3.63, 3.8) is 0 Å². The zero-order valence-electron chi connectivity index (χ0n) is 24.6. The van der Waals surface area contributed by atoms with E-state index in [1.54, 1.807) is 17.6 Å². The van der Waals surface area contributed by atoms with Gasteiger partial charge in [-0.15, -0.1) is 0 Å². The molecule has 0 spiro atoms.